The average Bonchev–Trinajstić information content (AvgIpc) is 2.95. The first kappa shape index (κ1) is 39.6. The summed E-state index contributed by atoms with van der Waals surface area (Å²) in [4.78, 5) is 57.8. The number of carboxylic acids is 3. The lowest BCUT2D eigenvalue weighted by Gasteiger charge is -2.23. The molecule has 43 heavy (non-hydrogen) atoms. The molecule has 0 aromatic rings. The Kier molecular flexibility index (Phi) is 23.1. The van der Waals surface area contributed by atoms with Gasteiger partial charge in [-0.3, -0.25) is 24.0 Å². The van der Waals surface area contributed by atoms with Crippen LogP contribution in [0.4, 0.5) is 0 Å². The Morgan fingerprint density at radius 3 is 2.23 bits per heavy atom. The highest BCUT2D eigenvalue weighted by Gasteiger charge is 2.25. The van der Waals surface area contributed by atoms with Crippen LogP contribution >= 0.6 is 11.8 Å². The van der Waals surface area contributed by atoms with Gasteiger partial charge in [0.15, 0.2) is 0 Å². The summed E-state index contributed by atoms with van der Waals surface area (Å²) in [6.45, 7) is 1.49. The van der Waals surface area contributed by atoms with E-state index in [0.29, 0.717) is 0 Å². The molecule has 0 saturated heterocycles. The van der Waals surface area contributed by atoms with Crippen LogP contribution < -0.4 is 16.4 Å². The number of hydrogen-bond donors (Lipinski definition) is 7. The van der Waals surface area contributed by atoms with Crippen molar-refractivity contribution >= 4 is 41.5 Å². The average molecular weight is 626 g/mol. The van der Waals surface area contributed by atoms with Crippen LogP contribution in [0.15, 0.2) is 48.6 Å². The minimum Gasteiger partial charge on any atom is -0.481 e. The van der Waals surface area contributed by atoms with E-state index in [1.165, 1.54) is 19.3 Å². The van der Waals surface area contributed by atoms with Crippen molar-refractivity contribution in [2.24, 2.45) is 5.73 Å². The number of aliphatic carboxylic acids is 3. The van der Waals surface area contributed by atoms with Crippen LogP contribution in [0.3, 0.4) is 0 Å². The second-order valence-electron chi connectivity index (χ2n) is 9.77. The molecule has 13 heteroatoms. The number of unbranched alkanes of at least 4 members (excludes halogenated alkanes) is 3. The number of hydrogen-bond acceptors (Lipinski definition) is 8. The fourth-order valence-corrected chi connectivity index (χ4v) is 4.75. The van der Waals surface area contributed by atoms with Gasteiger partial charge in [0, 0.05) is 23.8 Å². The van der Waals surface area contributed by atoms with E-state index in [9.17, 15) is 29.1 Å². The number of aliphatic hydroxyl groups is 1. The van der Waals surface area contributed by atoms with Crippen molar-refractivity contribution in [3.05, 3.63) is 48.6 Å². The minimum atomic E-state index is -1.28. The summed E-state index contributed by atoms with van der Waals surface area (Å²) >= 11 is 1.13. The molecule has 242 valence electrons. The van der Waals surface area contributed by atoms with E-state index < -0.39 is 59.7 Å². The zero-order chi connectivity index (χ0) is 32.5. The summed E-state index contributed by atoms with van der Waals surface area (Å²) in [6.07, 6.45) is 19.5. The molecular weight excluding hydrogens is 578 g/mol. The van der Waals surface area contributed by atoms with E-state index in [4.69, 9.17) is 21.1 Å². The maximum Gasteiger partial charge on any atom is 0.322 e. The van der Waals surface area contributed by atoms with Crippen LogP contribution in [-0.4, -0.2) is 85.9 Å². The topological polar surface area (TPSA) is 216 Å². The third-order valence-electron chi connectivity index (χ3n) is 5.97. The van der Waals surface area contributed by atoms with Crippen molar-refractivity contribution in [2.75, 3.05) is 12.3 Å². The lowest BCUT2D eigenvalue weighted by atomic mass is 10.1. The van der Waals surface area contributed by atoms with Gasteiger partial charge < -0.3 is 36.8 Å². The van der Waals surface area contributed by atoms with Crippen molar-refractivity contribution < 1.29 is 44.4 Å². The Morgan fingerprint density at radius 2 is 1.58 bits per heavy atom. The van der Waals surface area contributed by atoms with Gasteiger partial charge in [-0.25, -0.2) is 0 Å². The van der Waals surface area contributed by atoms with E-state index >= 15 is 0 Å². The van der Waals surface area contributed by atoms with Crippen molar-refractivity contribution in [1.82, 2.24) is 10.6 Å². The number of amides is 2. The maximum absolute atomic E-state index is 12.6. The Hall–Kier alpha value is -3.42. The van der Waals surface area contributed by atoms with Crippen molar-refractivity contribution in [3.63, 3.8) is 0 Å². The number of carboxylic acid groups (broad SMARTS) is 3. The predicted octanol–water partition coefficient (Wildman–Crippen LogP) is 2.78. The molecule has 0 heterocycles. The summed E-state index contributed by atoms with van der Waals surface area (Å²) in [7, 11) is 0. The Bertz CT molecular complexity index is 982. The molecular formula is C30H47N3O9S. The summed E-state index contributed by atoms with van der Waals surface area (Å²) in [5.74, 6) is -5.01. The monoisotopic (exact) mass is 625 g/mol. The molecule has 0 saturated carbocycles. The smallest absolute Gasteiger partial charge is 0.322 e. The minimum absolute atomic E-state index is 0.0542. The number of allylic oxidation sites excluding steroid dienone is 7. The zero-order valence-electron chi connectivity index (χ0n) is 24.7. The molecule has 0 aromatic heterocycles. The van der Waals surface area contributed by atoms with Crippen LogP contribution in [0.5, 0.6) is 0 Å². The Labute approximate surface area is 257 Å². The normalized spacial score (nSPS) is 14.7. The van der Waals surface area contributed by atoms with E-state index in [1.54, 1.807) is 18.2 Å². The number of carbonyl (C=O) groups is 5. The molecule has 0 fully saturated rings. The molecule has 0 aliphatic rings. The van der Waals surface area contributed by atoms with Crippen molar-refractivity contribution in [2.45, 2.75) is 94.6 Å². The van der Waals surface area contributed by atoms with Gasteiger partial charge in [0.05, 0.1) is 6.10 Å². The fraction of sp³-hybridized carbons (Fsp3) is 0.567. The lowest BCUT2D eigenvalue weighted by Crippen LogP contribution is -2.50. The van der Waals surface area contributed by atoms with Gasteiger partial charge in [0.25, 0.3) is 0 Å². The van der Waals surface area contributed by atoms with Crippen LogP contribution in [0.1, 0.15) is 71.1 Å². The molecule has 0 spiro atoms. The first-order chi connectivity index (χ1) is 20.5. The second kappa shape index (κ2) is 25.1. The van der Waals surface area contributed by atoms with Gasteiger partial charge in [0.1, 0.15) is 18.6 Å². The molecule has 0 bridgehead atoms. The number of nitrogens with one attached hydrogen (secondary N) is 2. The highest BCUT2D eigenvalue weighted by molar-refractivity contribution is 8.00. The molecule has 12 nitrogen and oxygen atoms in total. The molecule has 0 aliphatic heterocycles. The maximum atomic E-state index is 12.6. The van der Waals surface area contributed by atoms with Crippen molar-refractivity contribution in [1.29, 1.82) is 0 Å². The first-order valence-corrected chi connectivity index (χ1v) is 15.5. The third kappa shape index (κ3) is 22.8. The van der Waals surface area contributed by atoms with E-state index in [-0.39, 0.29) is 37.9 Å². The van der Waals surface area contributed by atoms with E-state index in [0.717, 1.165) is 24.6 Å². The molecule has 0 unspecified atom stereocenters. The van der Waals surface area contributed by atoms with Gasteiger partial charge in [-0.1, -0.05) is 68.4 Å². The summed E-state index contributed by atoms with van der Waals surface area (Å²) in [5.41, 5.74) is 5.43. The van der Waals surface area contributed by atoms with Gasteiger partial charge in [-0.05, 0) is 38.5 Å². The zero-order valence-corrected chi connectivity index (χ0v) is 25.5. The first-order valence-electron chi connectivity index (χ1n) is 14.4. The molecule has 0 aliphatic carbocycles. The predicted molar refractivity (Wildman–Crippen MR) is 166 cm³/mol. The summed E-state index contributed by atoms with van der Waals surface area (Å²) < 4.78 is 0. The lowest BCUT2D eigenvalue weighted by molar-refractivity contribution is -0.139. The molecule has 0 aromatic carbocycles. The van der Waals surface area contributed by atoms with Gasteiger partial charge in [-0.15, -0.1) is 11.8 Å². The SMILES string of the molecule is CCCCC/C=C/C/C=C/C=C/C=C/[C@@H](SC[C@@H](NC(=O)CC[C@@H](N)C(=O)O)C(=O)NCC(=O)O)[C@@H](O)CCCC(=O)O. The largest absolute Gasteiger partial charge is 0.481 e. The summed E-state index contributed by atoms with van der Waals surface area (Å²) in [6, 6.07) is -2.45. The van der Waals surface area contributed by atoms with Crippen molar-refractivity contribution in [3.8, 4) is 0 Å². The molecule has 4 atom stereocenters. The Morgan fingerprint density at radius 1 is 0.860 bits per heavy atom. The quantitative estimate of drug-likeness (QED) is 0.0444. The van der Waals surface area contributed by atoms with E-state index in [2.05, 4.69) is 29.7 Å². The molecule has 0 rings (SSSR count). The fourth-order valence-electron chi connectivity index (χ4n) is 3.54. The Balaban J connectivity index is 5.38. The van der Waals surface area contributed by atoms with Crippen LogP contribution in [0, 0.1) is 0 Å². The van der Waals surface area contributed by atoms with Gasteiger partial charge in [0.2, 0.25) is 11.8 Å². The second-order valence-corrected chi connectivity index (χ2v) is 11.0. The highest BCUT2D eigenvalue weighted by atomic mass is 32.2. The van der Waals surface area contributed by atoms with Gasteiger partial charge in [-0.2, -0.15) is 0 Å². The van der Waals surface area contributed by atoms with Crippen LogP contribution in [0.2, 0.25) is 0 Å². The standard InChI is InChI=1S/C30H47N3O9S/c1-2-3-4-5-6-7-8-9-10-11-12-13-16-25(24(34)15-14-17-27(36)37)43-21-23(29(40)32-20-28(38)39)33-26(35)19-18-22(31)30(41)42/h6-7,9-13,16,22-25,34H,2-5,8,14-15,17-21,31H2,1H3,(H,32,40)(H,33,35)(H,36,37)(H,38,39)(H,41,42)/b7-6+,10-9+,12-11+,16-13+/t22-,23-,24+,25-/m1/s1. The molecule has 2 amide bonds. The summed E-state index contributed by atoms with van der Waals surface area (Å²) in [5, 5.41) is 41.6. The number of aliphatic hydroxyl groups excluding tert-OH is 1. The van der Waals surface area contributed by atoms with Crippen LogP contribution in [-0.2, 0) is 24.0 Å². The number of rotatable bonds is 25. The highest BCUT2D eigenvalue weighted by Crippen LogP contribution is 2.22. The number of carbonyl (C=O) groups excluding carboxylic acids is 2. The molecule has 0 radical (unpaired) electrons. The van der Waals surface area contributed by atoms with Gasteiger partial charge >= 0.3 is 17.9 Å². The molecule has 8 N–H and O–H groups in total. The number of thioether (sulfide) groups is 1. The number of nitrogens with two attached hydrogens (primary N) is 1. The third-order valence-corrected chi connectivity index (χ3v) is 7.36. The van der Waals surface area contributed by atoms with Crippen LogP contribution in [0.25, 0.3) is 0 Å². The van der Waals surface area contributed by atoms with E-state index in [1.807, 2.05) is 18.2 Å².